The van der Waals surface area contributed by atoms with Crippen LogP contribution in [0.1, 0.15) is 27.9 Å². The molecule has 3 aromatic carbocycles. The molecule has 0 bridgehead atoms. The van der Waals surface area contributed by atoms with E-state index in [1.54, 1.807) is 36.4 Å². The van der Waals surface area contributed by atoms with Gasteiger partial charge in [-0.2, -0.15) is 0 Å². The molecule has 166 valence electrons. The average Bonchev–Trinajstić information content (AvgIpc) is 2.75. The van der Waals surface area contributed by atoms with Crippen molar-refractivity contribution in [1.82, 2.24) is 0 Å². The van der Waals surface area contributed by atoms with E-state index >= 15 is 0 Å². The van der Waals surface area contributed by atoms with E-state index in [9.17, 15) is 22.0 Å². The molecule has 0 fully saturated rings. The van der Waals surface area contributed by atoms with Crippen LogP contribution in [0.3, 0.4) is 0 Å². The van der Waals surface area contributed by atoms with Crippen molar-refractivity contribution in [3.8, 4) is 0 Å². The van der Waals surface area contributed by atoms with Crippen LogP contribution in [-0.4, -0.2) is 20.7 Å². The molecule has 4 nitrogen and oxygen atoms in total. The van der Waals surface area contributed by atoms with E-state index in [0.717, 1.165) is 17.7 Å². The highest BCUT2D eigenvalue weighted by Crippen LogP contribution is 2.34. The fraction of sp³-hybridized carbons (Fsp3) is 0.174. The molecule has 0 radical (unpaired) electrons. The summed E-state index contributed by atoms with van der Waals surface area (Å²) in [6, 6.07) is 12.5. The minimum atomic E-state index is -4.13. The molecule has 0 spiro atoms. The predicted molar refractivity (Wildman–Crippen MR) is 120 cm³/mol. The summed E-state index contributed by atoms with van der Waals surface area (Å²) < 4.78 is 54.6. The second kappa shape index (κ2) is 8.81. The van der Waals surface area contributed by atoms with Gasteiger partial charge in [-0.3, -0.25) is 9.10 Å². The van der Waals surface area contributed by atoms with Crippen molar-refractivity contribution in [2.24, 2.45) is 0 Å². The highest BCUT2D eigenvalue weighted by atomic mass is 35.5. The lowest BCUT2D eigenvalue weighted by Crippen LogP contribution is -2.35. The Morgan fingerprint density at radius 1 is 0.969 bits per heavy atom. The molecule has 0 aliphatic carbocycles. The number of ketones is 1. The lowest BCUT2D eigenvalue weighted by molar-refractivity contribution is 0.0993. The third kappa shape index (κ3) is 4.25. The Bertz CT molecular complexity index is 1310. The van der Waals surface area contributed by atoms with E-state index in [1.807, 2.05) is 0 Å². The maximum atomic E-state index is 13.7. The van der Waals surface area contributed by atoms with Crippen LogP contribution in [0.25, 0.3) is 0 Å². The van der Waals surface area contributed by atoms with Gasteiger partial charge in [-0.1, -0.05) is 41.4 Å². The van der Waals surface area contributed by atoms with E-state index < -0.39 is 21.7 Å². The van der Waals surface area contributed by atoms with E-state index in [4.69, 9.17) is 23.2 Å². The summed E-state index contributed by atoms with van der Waals surface area (Å²) in [7, 11) is -4.13. The van der Waals surface area contributed by atoms with Crippen molar-refractivity contribution in [2.75, 3.05) is 10.8 Å². The Labute approximate surface area is 194 Å². The number of nitrogens with zero attached hydrogens (tertiary/aromatic N) is 1. The van der Waals surface area contributed by atoms with Crippen LogP contribution >= 0.6 is 23.2 Å². The van der Waals surface area contributed by atoms with E-state index in [2.05, 4.69) is 0 Å². The molecule has 0 unspecified atom stereocenters. The maximum absolute atomic E-state index is 13.7. The molecule has 1 heterocycles. The normalized spacial score (nSPS) is 13.7. The summed E-state index contributed by atoms with van der Waals surface area (Å²) in [4.78, 5) is 12.5. The Morgan fingerprint density at radius 3 is 2.38 bits per heavy atom. The SMILES string of the molecule is O=C(Cc1ccc2c(c1)N(S(=O)(=O)c1ccc(F)c(F)c1)CCC2)c1c(Cl)cccc1Cl. The summed E-state index contributed by atoms with van der Waals surface area (Å²) >= 11 is 12.3. The van der Waals surface area contributed by atoms with Crippen LogP contribution in [0, 0.1) is 11.6 Å². The van der Waals surface area contributed by atoms with Crippen molar-refractivity contribution < 1.29 is 22.0 Å². The van der Waals surface area contributed by atoms with Crippen molar-refractivity contribution in [3.05, 3.63) is 93.0 Å². The molecule has 0 amide bonds. The molecule has 0 N–H and O–H groups in total. The average molecular weight is 496 g/mol. The zero-order chi connectivity index (χ0) is 23.0. The second-order valence-corrected chi connectivity index (χ2v) is 10.1. The largest absolute Gasteiger partial charge is 0.294 e. The number of anilines is 1. The summed E-state index contributed by atoms with van der Waals surface area (Å²) in [5.41, 5.74) is 1.99. The van der Waals surface area contributed by atoms with Gasteiger partial charge in [0, 0.05) is 13.0 Å². The smallest absolute Gasteiger partial charge is 0.264 e. The molecular formula is C23H17Cl2F2NO3S. The monoisotopic (exact) mass is 495 g/mol. The van der Waals surface area contributed by atoms with Crippen LogP contribution in [-0.2, 0) is 22.9 Å². The van der Waals surface area contributed by atoms with Gasteiger partial charge in [0.1, 0.15) is 0 Å². The summed E-state index contributed by atoms with van der Waals surface area (Å²) in [5, 5.41) is 0.478. The standard InChI is InChI=1S/C23H17Cl2F2NO3S/c24-17-4-1-5-18(25)23(17)22(29)12-14-6-7-15-3-2-10-28(21(15)11-14)32(30,31)16-8-9-19(26)20(27)13-16/h1,4-9,11,13H,2-3,10,12H2. The molecule has 1 aliphatic rings. The Morgan fingerprint density at radius 2 is 1.69 bits per heavy atom. The first kappa shape index (κ1) is 22.7. The van der Waals surface area contributed by atoms with Crippen molar-refractivity contribution in [3.63, 3.8) is 0 Å². The molecule has 4 rings (SSSR count). The summed E-state index contributed by atoms with van der Waals surface area (Å²) in [5.74, 6) is -2.66. The van der Waals surface area contributed by atoms with Crippen LogP contribution in [0.15, 0.2) is 59.5 Å². The number of aryl methyl sites for hydroxylation is 1. The van der Waals surface area contributed by atoms with Gasteiger partial charge in [0.15, 0.2) is 17.4 Å². The number of halogens is 4. The Balaban J connectivity index is 1.69. The topological polar surface area (TPSA) is 54.5 Å². The molecular weight excluding hydrogens is 479 g/mol. The maximum Gasteiger partial charge on any atom is 0.264 e. The number of carbonyl (C=O) groups excluding carboxylic acids is 1. The van der Waals surface area contributed by atoms with E-state index in [0.29, 0.717) is 30.2 Å². The van der Waals surface area contributed by atoms with Gasteiger partial charge >= 0.3 is 0 Å². The molecule has 1 aliphatic heterocycles. The molecule has 3 aromatic rings. The van der Waals surface area contributed by atoms with Gasteiger partial charge < -0.3 is 0 Å². The summed E-state index contributed by atoms with van der Waals surface area (Å²) in [6.07, 6.45) is 1.20. The van der Waals surface area contributed by atoms with Gasteiger partial charge in [-0.05, 0) is 60.4 Å². The molecule has 0 saturated heterocycles. The molecule has 9 heteroatoms. The number of rotatable bonds is 5. The third-order valence-corrected chi connectivity index (χ3v) is 7.75. The fourth-order valence-corrected chi connectivity index (χ4v) is 5.90. The zero-order valence-electron chi connectivity index (χ0n) is 16.6. The van der Waals surface area contributed by atoms with Crippen LogP contribution in [0.4, 0.5) is 14.5 Å². The van der Waals surface area contributed by atoms with Crippen molar-refractivity contribution >= 4 is 44.7 Å². The third-order valence-electron chi connectivity index (χ3n) is 5.31. The number of hydrogen-bond donors (Lipinski definition) is 0. The minimum Gasteiger partial charge on any atom is -0.294 e. The first-order valence-electron chi connectivity index (χ1n) is 9.75. The molecule has 0 saturated carbocycles. The van der Waals surface area contributed by atoms with Gasteiger partial charge in [-0.15, -0.1) is 0 Å². The van der Waals surface area contributed by atoms with Gasteiger partial charge in [0.05, 0.1) is 26.2 Å². The molecule has 32 heavy (non-hydrogen) atoms. The first-order valence-corrected chi connectivity index (χ1v) is 11.9. The minimum absolute atomic E-state index is 0.0319. The van der Waals surface area contributed by atoms with Crippen molar-refractivity contribution in [1.29, 1.82) is 0 Å². The predicted octanol–water partition coefficient (Wildman–Crippen LogP) is 5.84. The van der Waals surface area contributed by atoms with Crippen molar-refractivity contribution in [2.45, 2.75) is 24.2 Å². The highest BCUT2D eigenvalue weighted by Gasteiger charge is 2.30. The van der Waals surface area contributed by atoms with E-state index in [-0.39, 0.29) is 39.3 Å². The Kier molecular flexibility index (Phi) is 6.25. The molecule has 0 atom stereocenters. The number of hydrogen-bond acceptors (Lipinski definition) is 3. The van der Waals surface area contributed by atoms with Crippen LogP contribution < -0.4 is 4.31 Å². The lowest BCUT2D eigenvalue weighted by Gasteiger charge is -2.31. The number of sulfonamides is 1. The first-order chi connectivity index (χ1) is 15.2. The highest BCUT2D eigenvalue weighted by molar-refractivity contribution is 7.92. The Hall–Kier alpha value is -2.48. The fourth-order valence-electron chi connectivity index (χ4n) is 3.75. The van der Waals surface area contributed by atoms with E-state index in [1.165, 1.54) is 4.31 Å². The van der Waals surface area contributed by atoms with Gasteiger partial charge in [0.2, 0.25) is 0 Å². The number of fused-ring (bicyclic) bond motifs is 1. The van der Waals surface area contributed by atoms with Gasteiger partial charge in [-0.25, -0.2) is 17.2 Å². The second-order valence-electron chi connectivity index (χ2n) is 7.42. The molecule has 0 aromatic heterocycles. The van der Waals surface area contributed by atoms with Gasteiger partial charge in [0.25, 0.3) is 10.0 Å². The number of carbonyl (C=O) groups is 1. The van der Waals surface area contributed by atoms with Crippen LogP contribution in [0.2, 0.25) is 10.0 Å². The lowest BCUT2D eigenvalue weighted by atomic mass is 9.97. The quantitative estimate of drug-likeness (QED) is 0.417. The number of Topliss-reactive ketones (excluding diaryl/α,β-unsaturated/α-hetero) is 1. The number of benzene rings is 3. The van der Waals surface area contributed by atoms with Crippen LogP contribution in [0.5, 0.6) is 0 Å². The zero-order valence-corrected chi connectivity index (χ0v) is 18.9. The summed E-state index contributed by atoms with van der Waals surface area (Å²) in [6.45, 7) is 0.183.